The Hall–Kier alpha value is -1.22. The van der Waals surface area contributed by atoms with Crippen molar-refractivity contribution in [2.24, 2.45) is 0 Å². The molecule has 0 aromatic heterocycles. The van der Waals surface area contributed by atoms with Crippen molar-refractivity contribution in [1.82, 2.24) is 0 Å². The van der Waals surface area contributed by atoms with Gasteiger partial charge >= 0.3 is 0 Å². The third kappa shape index (κ3) is 1.99. The zero-order chi connectivity index (χ0) is 10.8. The quantitative estimate of drug-likeness (QED) is 0.512. The predicted molar refractivity (Wildman–Crippen MR) is 59.6 cm³/mol. The highest BCUT2D eigenvalue weighted by atomic mass is 16.5. The molecular weight excluding hydrogens is 176 g/mol. The number of hydrogen-bond donors (Lipinski definition) is 3. The molecule has 3 heteroatoms. The molecule has 0 aliphatic heterocycles. The van der Waals surface area contributed by atoms with E-state index in [-0.39, 0.29) is 5.41 Å². The first kappa shape index (κ1) is 10.9. The smallest absolute Gasteiger partial charge is 0.0606 e. The fraction of sp³-hybridized carbons (Fsp3) is 0.455. The van der Waals surface area contributed by atoms with Crippen LogP contribution in [0.5, 0.6) is 0 Å². The SMILES string of the molecule is CCC(C)(C)c1cc(NO)ccc1N. The van der Waals surface area contributed by atoms with E-state index in [1.807, 2.05) is 12.1 Å². The molecule has 0 aliphatic rings. The molecule has 0 amide bonds. The minimum Gasteiger partial charge on any atom is -0.398 e. The molecule has 0 aliphatic carbocycles. The molecule has 4 N–H and O–H groups in total. The lowest BCUT2D eigenvalue weighted by Gasteiger charge is -2.25. The van der Waals surface area contributed by atoms with Gasteiger partial charge in [-0.05, 0) is 35.6 Å². The largest absolute Gasteiger partial charge is 0.398 e. The Morgan fingerprint density at radius 1 is 1.43 bits per heavy atom. The maximum atomic E-state index is 8.80. The van der Waals surface area contributed by atoms with Gasteiger partial charge in [0.25, 0.3) is 0 Å². The van der Waals surface area contributed by atoms with Crippen molar-refractivity contribution >= 4 is 11.4 Å². The first-order valence-electron chi connectivity index (χ1n) is 4.81. The lowest BCUT2D eigenvalue weighted by atomic mass is 9.81. The van der Waals surface area contributed by atoms with Gasteiger partial charge in [0, 0.05) is 5.69 Å². The summed E-state index contributed by atoms with van der Waals surface area (Å²) in [5, 5.41) is 8.80. The fourth-order valence-electron chi connectivity index (χ4n) is 1.40. The molecular formula is C11H18N2O. The molecule has 0 spiro atoms. The Bertz CT molecular complexity index is 321. The molecule has 0 heterocycles. The number of nitrogens with one attached hydrogen (secondary N) is 1. The van der Waals surface area contributed by atoms with Crippen LogP contribution in [0.4, 0.5) is 11.4 Å². The van der Waals surface area contributed by atoms with Gasteiger partial charge in [-0.3, -0.25) is 10.7 Å². The summed E-state index contributed by atoms with van der Waals surface area (Å²) >= 11 is 0. The second kappa shape index (κ2) is 3.88. The second-order valence-electron chi connectivity index (χ2n) is 4.15. The number of hydrogen-bond acceptors (Lipinski definition) is 3. The normalized spacial score (nSPS) is 11.4. The van der Waals surface area contributed by atoms with Crippen molar-refractivity contribution in [2.45, 2.75) is 32.6 Å². The number of nitrogens with two attached hydrogens (primary N) is 1. The fourth-order valence-corrected chi connectivity index (χ4v) is 1.40. The summed E-state index contributed by atoms with van der Waals surface area (Å²) in [5.41, 5.74) is 10.6. The monoisotopic (exact) mass is 194 g/mol. The van der Waals surface area contributed by atoms with Crippen LogP contribution >= 0.6 is 0 Å². The van der Waals surface area contributed by atoms with Crippen LogP contribution in [0, 0.1) is 0 Å². The third-order valence-electron chi connectivity index (χ3n) is 2.80. The van der Waals surface area contributed by atoms with E-state index in [0.29, 0.717) is 5.69 Å². The maximum Gasteiger partial charge on any atom is 0.0606 e. The Kier molecular flexibility index (Phi) is 3.01. The molecule has 0 saturated carbocycles. The van der Waals surface area contributed by atoms with E-state index in [0.717, 1.165) is 17.7 Å². The van der Waals surface area contributed by atoms with E-state index in [1.165, 1.54) is 0 Å². The second-order valence-corrected chi connectivity index (χ2v) is 4.15. The molecule has 78 valence electrons. The molecule has 0 fully saturated rings. The summed E-state index contributed by atoms with van der Waals surface area (Å²) < 4.78 is 0. The van der Waals surface area contributed by atoms with Crippen molar-refractivity contribution in [3.8, 4) is 0 Å². The van der Waals surface area contributed by atoms with Gasteiger partial charge in [-0.2, -0.15) is 0 Å². The summed E-state index contributed by atoms with van der Waals surface area (Å²) in [6.45, 7) is 6.40. The van der Waals surface area contributed by atoms with Crippen LogP contribution in [-0.4, -0.2) is 5.21 Å². The summed E-state index contributed by atoms with van der Waals surface area (Å²) in [6, 6.07) is 5.45. The van der Waals surface area contributed by atoms with Crippen LogP contribution in [0.1, 0.15) is 32.8 Å². The van der Waals surface area contributed by atoms with Crippen LogP contribution in [0.3, 0.4) is 0 Å². The van der Waals surface area contributed by atoms with Gasteiger partial charge in [0.05, 0.1) is 5.69 Å². The third-order valence-corrected chi connectivity index (χ3v) is 2.80. The lowest BCUT2D eigenvalue weighted by molar-refractivity contribution is 0.388. The zero-order valence-corrected chi connectivity index (χ0v) is 8.96. The topological polar surface area (TPSA) is 58.3 Å². The Labute approximate surface area is 84.9 Å². The molecule has 0 bridgehead atoms. The van der Waals surface area contributed by atoms with E-state index in [4.69, 9.17) is 10.9 Å². The van der Waals surface area contributed by atoms with Crippen LogP contribution in [-0.2, 0) is 5.41 Å². The van der Waals surface area contributed by atoms with E-state index in [9.17, 15) is 0 Å². The molecule has 3 nitrogen and oxygen atoms in total. The highest BCUT2D eigenvalue weighted by molar-refractivity contribution is 5.58. The van der Waals surface area contributed by atoms with Crippen LogP contribution in [0.2, 0.25) is 0 Å². The van der Waals surface area contributed by atoms with Crippen molar-refractivity contribution in [2.75, 3.05) is 11.2 Å². The molecule has 1 rings (SSSR count). The molecule has 1 aromatic rings. The van der Waals surface area contributed by atoms with Crippen LogP contribution in [0.25, 0.3) is 0 Å². The number of nitrogen functional groups attached to an aromatic ring is 1. The Morgan fingerprint density at radius 2 is 2.07 bits per heavy atom. The van der Waals surface area contributed by atoms with Crippen molar-refractivity contribution in [3.05, 3.63) is 23.8 Å². The lowest BCUT2D eigenvalue weighted by Crippen LogP contribution is -2.17. The van der Waals surface area contributed by atoms with Crippen molar-refractivity contribution in [3.63, 3.8) is 0 Å². The summed E-state index contributed by atoms with van der Waals surface area (Å²) in [6.07, 6.45) is 1.01. The average Bonchev–Trinajstić information content (AvgIpc) is 2.18. The highest BCUT2D eigenvalue weighted by Gasteiger charge is 2.20. The van der Waals surface area contributed by atoms with E-state index in [1.54, 1.807) is 6.07 Å². The Balaban J connectivity index is 3.18. The van der Waals surface area contributed by atoms with Crippen molar-refractivity contribution < 1.29 is 5.21 Å². The summed E-state index contributed by atoms with van der Waals surface area (Å²) in [5.74, 6) is 0. The van der Waals surface area contributed by atoms with Crippen molar-refractivity contribution in [1.29, 1.82) is 0 Å². The molecule has 0 radical (unpaired) electrons. The Morgan fingerprint density at radius 3 is 2.57 bits per heavy atom. The van der Waals surface area contributed by atoms with Gasteiger partial charge in [0.1, 0.15) is 0 Å². The summed E-state index contributed by atoms with van der Waals surface area (Å²) in [4.78, 5) is 0. The average molecular weight is 194 g/mol. The van der Waals surface area contributed by atoms with E-state index >= 15 is 0 Å². The molecule has 0 saturated heterocycles. The van der Waals surface area contributed by atoms with E-state index < -0.39 is 0 Å². The molecule has 0 unspecified atom stereocenters. The van der Waals surface area contributed by atoms with Gasteiger partial charge in [-0.15, -0.1) is 0 Å². The summed E-state index contributed by atoms with van der Waals surface area (Å²) in [7, 11) is 0. The molecule has 1 aromatic carbocycles. The first-order valence-corrected chi connectivity index (χ1v) is 4.81. The van der Waals surface area contributed by atoms with Gasteiger partial charge in [-0.1, -0.05) is 20.8 Å². The van der Waals surface area contributed by atoms with Gasteiger partial charge in [-0.25, -0.2) is 0 Å². The van der Waals surface area contributed by atoms with Crippen LogP contribution in [0.15, 0.2) is 18.2 Å². The van der Waals surface area contributed by atoms with Gasteiger partial charge in [0.2, 0.25) is 0 Å². The van der Waals surface area contributed by atoms with Crippen LogP contribution < -0.4 is 11.2 Å². The number of anilines is 2. The minimum absolute atomic E-state index is 0.0386. The van der Waals surface area contributed by atoms with Gasteiger partial charge in [0.15, 0.2) is 0 Å². The molecule has 0 atom stereocenters. The van der Waals surface area contributed by atoms with Gasteiger partial charge < -0.3 is 5.73 Å². The molecule has 14 heavy (non-hydrogen) atoms. The first-order chi connectivity index (χ1) is 6.51. The number of benzene rings is 1. The maximum absolute atomic E-state index is 8.80. The van der Waals surface area contributed by atoms with E-state index in [2.05, 4.69) is 26.3 Å². The number of rotatable bonds is 3. The standard InChI is InChI=1S/C11H18N2O/c1-4-11(2,3)9-7-8(13-14)5-6-10(9)12/h5-7,13-14H,4,12H2,1-3H3. The highest BCUT2D eigenvalue weighted by Crippen LogP contribution is 2.32. The predicted octanol–water partition coefficient (Wildman–Crippen LogP) is 2.76. The minimum atomic E-state index is 0.0386. The zero-order valence-electron chi connectivity index (χ0n) is 8.96.